The zero-order chi connectivity index (χ0) is 15.5. The second-order valence-corrected chi connectivity index (χ2v) is 6.88. The van der Waals surface area contributed by atoms with Crippen LogP contribution in [-0.4, -0.2) is 30.2 Å². The lowest BCUT2D eigenvalue weighted by Gasteiger charge is -2.18. The number of nitrogens with zero attached hydrogens (tertiary/aromatic N) is 1. The van der Waals surface area contributed by atoms with E-state index in [1.165, 1.54) is 0 Å². The van der Waals surface area contributed by atoms with Gasteiger partial charge in [-0.3, -0.25) is 0 Å². The Hall–Kier alpha value is -1.71. The van der Waals surface area contributed by atoms with E-state index in [-0.39, 0.29) is 17.6 Å². The zero-order valence-corrected chi connectivity index (χ0v) is 13.4. The van der Waals surface area contributed by atoms with Crippen molar-refractivity contribution in [3.8, 4) is 5.75 Å². The minimum absolute atomic E-state index is 0.0162. The maximum atomic E-state index is 11.6. The van der Waals surface area contributed by atoms with E-state index in [4.69, 9.17) is 9.47 Å². The number of carbonyl (C=O) groups is 1. The van der Waals surface area contributed by atoms with Gasteiger partial charge < -0.3 is 14.4 Å². The number of amides is 1. The molecule has 1 fully saturated rings. The summed E-state index contributed by atoms with van der Waals surface area (Å²) < 4.78 is 10.9. The Morgan fingerprint density at radius 1 is 1.29 bits per heavy atom. The highest BCUT2D eigenvalue weighted by Gasteiger charge is 2.27. The van der Waals surface area contributed by atoms with Crippen LogP contribution in [0.15, 0.2) is 24.3 Å². The van der Waals surface area contributed by atoms with Crippen molar-refractivity contribution in [2.75, 3.05) is 13.2 Å². The van der Waals surface area contributed by atoms with Crippen LogP contribution in [0.2, 0.25) is 0 Å². The van der Waals surface area contributed by atoms with Gasteiger partial charge in [0.2, 0.25) is 0 Å². The molecule has 4 heteroatoms. The average Bonchev–Trinajstić information content (AvgIpc) is 2.68. The Kier molecular flexibility index (Phi) is 4.76. The van der Waals surface area contributed by atoms with Crippen LogP contribution < -0.4 is 4.74 Å². The third kappa shape index (κ3) is 4.96. The summed E-state index contributed by atoms with van der Waals surface area (Å²) in [6.07, 6.45) is 0.775. The van der Waals surface area contributed by atoms with Crippen LogP contribution in [0.5, 0.6) is 5.75 Å². The predicted molar refractivity (Wildman–Crippen MR) is 82.4 cm³/mol. The molecule has 0 spiro atoms. The van der Waals surface area contributed by atoms with Crippen molar-refractivity contribution in [2.24, 2.45) is 5.41 Å². The van der Waals surface area contributed by atoms with Gasteiger partial charge in [0, 0.05) is 6.54 Å². The molecule has 0 aromatic heterocycles. The van der Waals surface area contributed by atoms with E-state index in [2.05, 4.69) is 20.8 Å². The normalized spacial score (nSPS) is 18.8. The number of carbonyl (C=O) groups excluding carboxylic acids is 1. The summed E-state index contributed by atoms with van der Waals surface area (Å²) in [5, 5.41) is 0. The molecule has 1 unspecified atom stereocenters. The molecule has 0 aliphatic carbocycles. The summed E-state index contributed by atoms with van der Waals surface area (Å²) in [7, 11) is 0. The fourth-order valence-electron chi connectivity index (χ4n) is 2.18. The Morgan fingerprint density at radius 3 is 2.48 bits per heavy atom. The van der Waals surface area contributed by atoms with Crippen LogP contribution in [-0.2, 0) is 11.3 Å². The van der Waals surface area contributed by atoms with Crippen LogP contribution in [0.1, 0.15) is 39.7 Å². The summed E-state index contributed by atoms with van der Waals surface area (Å²) >= 11 is 0. The first-order valence-electron chi connectivity index (χ1n) is 7.51. The number of cyclic esters (lactones) is 1. The van der Waals surface area contributed by atoms with Gasteiger partial charge in [-0.25, -0.2) is 4.79 Å². The van der Waals surface area contributed by atoms with Gasteiger partial charge in [0.05, 0.1) is 13.2 Å². The van der Waals surface area contributed by atoms with Crippen LogP contribution >= 0.6 is 0 Å². The second kappa shape index (κ2) is 6.37. The third-order valence-corrected chi connectivity index (χ3v) is 3.46. The van der Waals surface area contributed by atoms with Crippen molar-refractivity contribution in [2.45, 2.75) is 46.8 Å². The summed E-state index contributed by atoms with van der Waals surface area (Å²) in [6, 6.07) is 7.93. The molecule has 0 saturated carbocycles. The Balaban J connectivity index is 1.83. The van der Waals surface area contributed by atoms with Gasteiger partial charge in [-0.1, -0.05) is 32.9 Å². The largest absolute Gasteiger partial charge is 0.494 e. The van der Waals surface area contributed by atoms with Gasteiger partial charge in [0.1, 0.15) is 11.9 Å². The van der Waals surface area contributed by atoms with Crippen LogP contribution in [0.4, 0.5) is 4.79 Å². The molecule has 21 heavy (non-hydrogen) atoms. The topological polar surface area (TPSA) is 38.8 Å². The van der Waals surface area contributed by atoms with Gasteiger partial charge in [0.25, 0.3) is 0 Å². The molecule has 0 bridgehead atoms. The van der Waals surface area contributed by atoms with E-state index in [0.717, 1.165) is 24.3 Å². The first-order chi connectivity index (χ1) is 9.83. The molecule has 1 heterocycles. The minimum Gasteiger partial charge on any atom is -0.494 e. The first-order valence-corrected chi connectivity index (χ1v) is 7.51. The molecule has 1 aliphatic heterocycles. The quantitative estimate of drug-likeness (QED) is 0.827. The third-order valence-electron chi connectivity index (χ3n) is 3.46. The van der Waals surface area contributed by atoms with Crippen LogP contribution in [0, 0.1) is 5.41 Å². The zero-order valence-electron chi connectivity index (χ0n) is 13.4. The number of hydrogen-bond acceptors (Lipinski definition) is 3. The van der Waals surface area contributed by atoms with Gasteiger partial charge >= 0.3 is 6.09 Å². The summed E-state index contributed by atoms with van der Waals surface area (Å²) in [4.78, 5) is 13.3. The molecule has 0 N–H and O–H groups in total. The predicted octanol–water partition coefficient (Wildman–Crippen LogP) is 3.84. The van der Waals surface area contributed by atoms with E-state index >= 15 is 0 Å². The molecular formula is C17H25NO3. The fraction of sp³-hybridized carbons (Fsp3) is 0.588. The van der Waals surface area contributed by atoms with Crippen molar-refractivity contribution in [3.63, 3.8) is 0 Å². The Labute approximate surface area is 127 Å². The summed E-state index contributed by atoms with van der Waals surface area (Å²) in [6.45, 7) is 10.5. The smallest absolute Gasteiger partial charge is 0.410 e. The Morgan fingerprint density at radius 2 is 1.95 bits per heavy atom. The maximum absolute atomic E-state index is 11.6. The number of ether oxygens (including phenoxy) is 2. The SMILES string of the molecule is CC1CN(Cc2ccc(OCCC(C)(C)C)cc2)C(=O)O1. The highest BCUT2D eigenvalue weighted by molar-refractivity contribution is 5.69. The second-order valence-electron chi connectivity index (χ2n) is 6.88. The van der Waals surface area contributed by atoms with E-state index in [0.29, 0.717) is 13.1 Å². The van der Waals surface area contributed by atoms with E-state index in [9.17, 15) is 4.79 Å². The highest BCUT2D eigenvalue weighted by Crippen LogP contribution is 2.21. The number of hydrogen-bond donors (Lipinski definition) is 0. The maximum Gasteiger partial charge on any atom is 0.410 e. The lowest BCUT2D eigenvalue weighted by atomic mass is 9.93. The average molecular weight is 291 g/mol. The van der Waals surface area contributed by atoms with E-state index < -0.39 is 0 Å². The molecule has 116 valence electrons. The van der Waals surface area contributed by atoms with Crippen LogP contribution in [0.25, 0.3) is 0 Å². The van der Waals surface area contributed by atoms with Crippen molar-refractivity contribution in [1.29, 1.82) is 0 Å². The highest BCUT2D eigenvalue weighted by atomic mass is 16.6. The first kappa shape index (κ1) is 15.7. The summed E-state index contributed by atoms with van der Waals surface area (Å²) in [5.74, 6) is 0.875. The molecule has 1 aromatic rings. The minimum atomic E-state index is -0.229. The molecule has 1 aliphatic rings. The van der Waals surface area contributed by atoms with Crippen molar-refractivity contribution in [1.82, 2.24) is 4.90 Å². The Bertz CT molecular complexity index is 476. The fourth-order valence-corrected chi connectivity index (χ4v) is 2.18. The van der Waals surface area contributed by atoms with Crippen LogP contribution in [0.3, 0.4) is 0 Å². The lowest BCUT2D eigenvalue weighted by Crippen LogP contribution is -2.24. The lowest BCUT2D eigenvalue weighted by molar-refractivity contribution is 0.137. The van der Waals surface area contributed by atoms with E-state index in [1.807, 2.05) is 31.2 Å². The van der Waals surface area contributed by atoms with Crippen molar-refractivity contribution < 1.29 is 14.3 Å². The van der Waals surface area contributed by atoms with Gasteiger partial charge in [-0.15, -0.1) is 0 Å². The number of benzene rings is 1. The standard InChI is InChI=1S/C17H25NO3/c1-13-11-18(16(19)21-13)12-14-5-7-15(8-6-14)20-10-9-17(2,3)4/h5-8,13H,9-12H2,1-4H3. The molecule has 1 amide bonds. The molecule has 1 aromatic carbocycles. The monoisotopic (exact) mass is 291 g/mol. The van der Waals surface area contributed by atoms with Crippen molar-refractivity contribution >= 4 is 6.09 Å². The molecule has 0 radical (unpaired) electrons. The molecular weight excluding hydrogens is 266 g/mol. The van der Waals surface area contributed by atoms with Gasteiger partial charge in [0.15, 0.2) is 0 Å². The molecule has 1 saturated heterocycles. The number of rotatable bonds is 5. The molecule has 2 rings (SSSR count). The van der Waals surface area contributed by atoms with Gasteiger partial charge in [-0.05, 0) is 36.5 Å². The van der Waals surface area contributed by atoms with E-state index in [1.54, 1.807) is 4.90 Å². The summed E-state index contributed by atoms with van der Waals surface area (Å²) in [5.41, 5.74) is 1.37. The van der Waals surface area contributed by atoms with Crippen molar-refractivity contribution in [3.05, 3.63) is 29.8 Å². The molecule has 1 atom stereocenters. The van der Waals surface area contributed by atoms with Gasteiger partial charge in [-0.2, -0.15) is 0 Å². The molecule has 4 nitrogen and oxygen atoms in total.